The summed E-state index contributed by atoms with van der Waals surface area (Å²) in [5.74, 6) is 0. The van der Waals surface area contributed by atoms with Crippen molar-refractivity contribution in [3.8, 4) is 0 Å². The molecule has 0 saturated carbocycles. The van der Waals surface area contributed by atoms with Gasteiger partial charge in [0, 0.05) is 16.2 Å². The van der Waals surface area contributed by atoms with Crippen molar-refractivity contribution in [2.24, 2.45) is 16.2 Å². The molecule has 344 valence electrons. The highest BCUT2D eigenvalue weighted by atomic mass is 14.4. The highest BCUT2D eigenvalue weighted by Crippen LogP contribution is 2.51. The molecule has 18 rings (SSSR count). The van der Waals surface area contributed by atoms with Crippen LogP contribution >= 0.6 is 0 Å². The Balaban J connectivity index is 0.917. The van der Waals surface area contributed by atoms with Gasteiger partial charge in [-0.3, -0.25) is 0 Å². The molecule has 3 unspecified atom stereocenters. The van der Waals surface area contributed by atoms with Gasteiger partial charge in [0.15, 0.2) is 0 Å². The Morgan fingerprint density at radius 1 is 0.240 bits per heavy atom. The predicted molar refractivity (Wildman–Crippen MR) is 308 cm³/mol. The summed E-state index contributed by atoms with van der Waals surface area (Å²) in [6.45, 7) is 0. The van der Waals surface area contributed by atoms with Crippen molar-refractivity contribution < 1.29 is 0 Å². The zero-order chi connectivity index (χ0) is 48.8. The third kappa shape index (κ3) is 5.35. The molecule has 0 fully saturated rings. The van der Waals surface area contributed by atoms with Crippen molar-refractivity contribution in [2.45, 2.75) is 0 Å². The van der Waals surface area contributed by atoms with E-state index in [0.29, 0.717) is 0 Å². The van der Waals surface area contributed by atoms with Gasteiger partial charge in [0.2, 0.25) is 0 Å². The summed E-state index contributed by atoms with van der Waals surface area (Å²) in [6.07, 6.45) is 51.4. The molecule has 0 saturated heterocycles. The Bertz CT molecular complexity index is 5200. The van der Waals surface area contributed by atoms with E-state index in [4.69, 9.17) is 0 Å². The third-order valence-electron chi connectivity index (χ3n) is 18.0. The largest absolute Gasteiger partial charge is 0.0663 e. The molecule has 12 aliphatic carbocycles. The van der Waals surface area contributed by atoms with Crippen LogP contribution in [-0.4, -0.2) is 0 Å². The zero-order valence-electron chi connectivity index (χ0n) is 40.9. The first kappa shape index (κ1) is 40.2. The van der Waals surface area contributed by atoms with E-state index >= 15 is 0 Å². The number of rotatable bonds is 2. The van der Waals surface area contributed by atoms with Crippen LogP contribution in [0.5, 0.6) is 0 Å². The molecular weight excluding hydrogens is 901 g/mol. The van der Waals surface area contributed by atoms with Crippen LogP contribution in [0.15, 0.2) is 282 Å². The average molecular weight is 945 g/mol. The van der Waals surface area contributed by atoms with Crippen LogP contribution in [0.4, 0.5) is 0 Å². The van der Waals surface area contributed by atoms with Crippen LogP contribution in [0.1, 0.15) is 5.56 Å². The number of benzene rings is 6. The smallest absolute Gasteiger partial charge is 0.0448 e. The first-order chi connectivity index (χ1) is 37.0. The third-order valence-corrected chi connectivity index (χ3v) is 18.0. The maximum atomic E-state index is 2.60. The fourth-order valence-corrected chi connectivity index (χ4v) is 14.7. The van der Waals surface area contributed by atoms with Gasteiger partial charge >= 0.3 is 0 Å². The standard InChI is InChI=1S/C75H44/c1-4-15-51-45(12-1)36-48-39-73(30-24-54(48)51)33-27-59-57-18-7-9-20-62(57)69(66(59)42-73)65-23-11-22-64-61-29-35-75(32-26-56-50(41-75)38-47-14-3-6-17-53(47)56)44-68(61)72(70(64)65)71-63-21-10-8-19-58(63)60-28-34-74(43-67(60)71)31-25-55-49(40-74)37-46-13-2-5-16-52(46)55/h1-44H. The lowest BCUT2D eigenvalue weighted by atomic mass is 9.71. The molecule has 0 nitrogen and oxygen atoms in total. The molecule has 6 aromatic carbocycles. The molecule has 0 N–H and O–H groups in total. The van der Waals surface area contributed by atoms with Crippen LogP contribution in [0, 0.1) is 16.2 Å². The molecule has 3 atom stereocenters. The van der Waals surface area contributed by atoms with Crippen molar-refractivity contribution in [2.75, 3.05) is 0 Å². The van der Waals surface area contributed by atoms with Crippen molar-refractivity contribution in [3.63, 3.8) is 0 Å². The second kappa shape index (κ2) is 14.0. The second-order valence-corrected chi connectivity index (χ2v) is 22.1. The van der Waals surface area contributed by atoms with E-state index in [1.165, 1.54) is 152 Å². The first-order valence-electron chi connectivity index (χ1n) is 26.5. The van der Waals surface area contributed by atoms with E-state index in [-0.39, 0.29) is 5.41 Å². The summed E-state index contributed by atoms with van der Waals surface area (Å²) >= 11 is 0. The summed E-state index contributed by atoms with van der Waals surface area (Å²) in [5, 5.41) is 15.6. The first-order valence-corrected chi connectivity index (χ1v) is 26.5. The molecule has 0 bridgehead atoms. The molecule has 0 heterocycles. The molecule has 0 aromatic heterocycles. The van der Waals surface area contributed by atoms with Gasteiger partial charge in [-0.1, -0.05) is 249 Å². The molecule has 0 heteroatoms. The maximum absolute atomic E-state index is 2.60. The van der Waals surface area contributed by atoms with Crippen LogP contribution in [-0.2, 0) is 0 Å². The van der Waals surface area contributed by atoms with Gasteiger partial charge in [0.1, 0.15) is 0 Å². The Morgan fingerprint density at radius 3 is 1.03 bits per heavy atom. The summed E-state index contributed by atoms with van der Waals surface area (Å²) in [5.41, 5.74) is 19.6. The lowest BCUT2D eigenvalue weighted by Crippen LogP contribution is -2.32. The molecule has 6 aromatic rings. The highest BCUT2D eigenvalue weighted by molar-refractivity contribution is 6.20. The Hall–Kier alpha value is -9.36. The molecule has 0 amide bonds. The fraction of sp³-hybridized carbons (Fsp3) is 0.0400. The number of fused-ring (bicyclic) bond motifs is 12. The number of hydrogen-bond donors (Lipinski definition) is 0. The summed E-state index contributed by atoms with van der Waals surface area (Å²) < 4.78 is 0. The van der Waals surface area contributed by atoms with Crippen molar-refractivity contribution >= 4 is 68.4 Å². The van der Waals surface area contributed by atoms with Gasteiger partial charge in [-0.05, 0) is 170 Å². The van der Waals surface area contributed by atoms with Crippen molar-refractivity contribution in [3.05, 3.63) is 351 Å². The molecular formula is C75H44. The summed E-state index contributed by atoms with van der Waals surface area (Å²) in [4.78, 5) is 0. The SMILES string of the molecule is C1=CC2(C=CC3=c4ccccc4=C(C4=c5c(C6=c7ccccc7=C7C=CC8(C=CC9=c%10ccccc%10=CC9=C8)C=C76)cccc5=C5C=CC6(C=CC7=c8ccccc8=CC7=C6)C=C54)C3=C2)C=C2C=c3ccccc3=C12. The second-order valence-electron chi connectivity index (χ2n) is 22.1. The Kier molecular flexibility index (Phi) is 7.51. The Morgan fingerprint density at radius 2 is 0.573 bits per heavy atom. The van der Waals surface area contributed by atoms with E-state index in [9.17, 15) is 0 Å². The van der Waals surface area contributed by atoms with Gasteiger partial charge in [-0.2, -0.15) is 0 Å². The van der Waals surface area contributed by atoms with Crippen molar-refractivity contribution in [1.29, 1.82) is 0 Å². The van der Waals surface area contributed by atoms with Gasteiger partial charge in [-0.25, -0.2) is 0 Å². The number of allylic oxidation sites excluding steroid dienone is 24. The van der Waals surface area contributed by atoms with E-state index in [1.54, 1.807) is 0 Å². The molecule has 0 aliphatic heterocycles. The number of hydrogen-bond acceptors (Lipinski definition) is 0. The lowest BCUT2D eigenvalue weighted by Gasteiger charge is -2.31. The monoisotopic (exact) mass is 944 g/mol. The van der Waals surface area contributed by atoms with Crippen LogP contribution < -0.4 is 62.6 Å². The normalized spacial score (nSPS) is 24.9. The Labute approximate surface area is 432 Å². The average Bonchev–Trinajstić information content (AvgIpc) is 4.37. The molecule has 3 spiro atoms. The zero-order valence-corrected chi connectivity index (χ0v) is 40.9. The van der Waals surface area contributed by atoms with Gasteiger partial charge in [0.05, 0.1) is 0 Å². The highest BCUT2D eigenvalue weighted by Gasteiger charge is 2.40. The van der Waals surface area contributed by atoms with E-state index in [0.717, 1.165) is 0 Å². The lowest BCUT2D eigenvalue weighted by molar-refractivity contribution is 0.802. The molecule has 0 radical (unpaired) electrons. The molecule has 12 aliphatic rings. The van der Waals surface area contributed by atoms with Gasteiger partial charge in [-0.15, -0.1) is 0 Å². The predicted octanol–water partition coefficient (Wildman–Crippen LogP) is 6.25. The quantitative estimate of drug-likeness (QED) is 0.193. The van der Waals surface area contributed by atoms with Crippen LogP contribution in [0.25, 0.3) is 68.4 Å². The van der Waals surface area contributed by atoms with Gasteiger partial charge in [0.25, 0.3) is 0 Å². The summed E-state index contributed by atoms with van der Waals surface area (Å²) in [6, 6.07) is 51.9. The minimum Gasteiger partial charge on any atom is -0.0663 e. The maximum Gasteiger partial charge on any atom is 0.0448 e. The van der Waals surface area contributed by atoms with Crippen LogP contribution in [0.3, 0.4) is 0 Å². The fourth-order valence-electron chi connectivity index (χ4n) is 14.7. The van der Waals surface area contributed by atoms with Gasteiger partial charge < -0.3 is 0 Å². The van der Waals surface area contributed by atoms with E-state index in [2.05, 4.69) is 267 Å². The van der Waals surface area contributed by atoms with E-state index < -0.39 is 10.8 Å². The topological polar surface area (TPSA) is 0 Å². The molecule has 75 heavy (non-hydrogen) atoms. The van der Waals surface area contributed by atoms with Crippen LogP contribution in [0.2, 0.25) is 0 Å². The minimum atomic E-state index is -0.419. The van der Waals surface area contributed by atoms with Crippen molar-refractivity contribution in [1.82, 2.24) is 0 Å². The summed E-state index contributed by atoms with van der Waals surface area (Å²) in [7, 11) is 0. The van der Waals surface area contributed by atoms with E-state index in [1.807, 2.05) is 0 Å². The minimum absolute atomic E-state index is 0.379.